The molecular weight excluding hydrogens is 288 g/mol. The van der Waals surface area contributed by atoms with Gasteiger partial charge in [0.2, 0.25) is 0 Å². The number of H-pyrrole nitrogens is 1. The first-order valence-corrected chi connectivity index (χ1v) is 7.84. The summed E-state index contributed by atoms with van der Waals surface area (Å²) in [6.07, 6.45) is 10.6. The molecular formula is C18H24N4O. The Morgan fingerprint density at radius 3 is 2.70 bits per heavy atom. The number of aryl methyl sites for hydroxylation is 1. The van der Waals surface area contributed by atoms with Gasteiger partial charge in [-0.1, -0.05) is 26.3 Å². The average molecular weight is 312 g/mol. The van der Waals surface area contributed by atoms with Crippen LogP contribution in [0.1, 0.15) is 32.8 Å². The first kappa shape index (κ1) is 17.0. The molecule has 0 radical (unpaired) electrons. The number of aliphatic hydroxyl groups excluding tert-OH is 1. The lowest BCUT2D eigenvalue weighted by molar-refractivity contribution is 0.343. The minimum atomic E-state index is 0.0342. The molecule has 0 saturated carbocycles. The fourth-order valence-corrected chi connectivity index (χ4v) is 2.27. The maximum absolute atomic E-state index is 8.99. The second-order valence-corrected chi connectivity index (χ2v) is 5.50. The highest BCUT2D eigenvalue weighted by Crippen LogP contribution is 2.29. The molecule has 0 aliphatic rings. The summed E-state index contributed by atoms with van der Waals surface area (Å²) < 4.78 is 1.78. The number of hydrogen-bond acceptors (Lipinski definition) is 3. The van der Waals surface area contributed by atoms with Crippen molar-refractivity contribution in [3.63, 3.8) is 0 Å². The molecule has 0 saturated heterocycles. The number of nitrogens with zero attached hydrogens (tertiary/aromatic N) is 3. The van der Waals surface area contributed by atoms with Gasteiger partial charge < -0.3 is 10.1 Å². The van der Waals surface area contributed by atoms with Crippen molar-refractivity contribution in [1.29, 1.82) is 0 Å². The van der Waals surface area contributed by atoms with Crippen molar-refractivity contribution in [2.45, 2.75) is 27.2 Å². The Bertz CT molecular complexity index is 798. The predicted octanol–water partition coefficient (Wildman–Crippen LogP) is 3.78. The van der Waals surface area contributed by atoms with E-state index in [2.05, 4.69) is 35.0 Å². The van der Waals surface area contributed by atoms with E-state index in [1.807, 2.05) is 38.8 Å². The van der Waals surface area contributed by atoms with E-state index in [0.717, 1.165) is 33.3 Å². The predicted molar refractivity (Wildman–Crippen MR) is 95.0 cm³/mol. The van der Waals surface area contributed by atoms with E-state index >= 15 is 0 Å². The van der Waals surface area contributed by atoms with Crippen LogP contribution >= 0.6 is 0 Å². The van der Waals surface area contributed by atoms with Gasteiger partial charge in [0.1, 0.15) is 5.65 Å². The maximum atomic E-state index is 8.99. The third kappa shape index (κ3) is 3.87. The number of nitrogens with one attached hydrogen (secondary N) is 1. The zero-order chi connectivity index (χ0) is 16.8. The summed E-state index contributed by atoms with van der Waals surface area (Å²) in [5, 5.41) is 14.3. The Hall–Kier alpha value is -2.40. The highest BCUT2D eigenvalue weighted by atomic mass is 16.2. The van der Waals surface area contributed by atoms with Gasteiger partial charge in [-0.3, -0.25) is 4.68 Å². The second-order valence-electron chi connectivity index (χ2n) is 5.50. The smallest absolute Gasteiger partial charge is 0.137 e. The van der Waals surface area contributed by atoms with Crippen LogP contribution in [0.15, 0.2) is 36.9 Å². The quantitative estimate of drug-likeness (QED) is 0.773. The van der Waals surface area contributed by atoms with Crippen LogP contribution in [0.5, 0.6) is 0 Å². The summed E-state index contributed by atoms with van der Waals surface area (Å²) in [7, 11) is 1.90. The van der Waals surface area contributed by atoms with E-state index in [4.69, 9.17) is 5.11 Å². The van der Waals surface area contributed by atoms with Gasteiger partial charge in [0.05, 0.1) is 12.8 Å². The van der Waals surface area contributed by atoms with Crippen LogP contribution in [0.3, 0.4) is 0 Å². The van der Waals surface area contributed by atoms with Crippen molar-refractivity contribution in [3.05, 3.63) is 42.5 Å². The monoisotopic (exact) mass is 312 g/mol. The van der Waals surface area contributed by atoms with Gasteiger partial charge in [-0.2, -0.15) is 5.10 Å². The number of aromatic amines is 1. The van der Waals surface area contributed by atoms with Crippen molar-refractivity contribution >= 4 is 16.6 Å². The lowest BCUT2D eigenvalue weighted by atomic mass is 10.1. The van der Waals surface area contributed by atoms with Crippen LogP contribution in [-0.4, -0.2) is 31.5 Å². The Morgan fingerprint density at radius 2 is 2.09 bits per heavy atom. The number of allylic oxidation sites excluding steroid dienone is 1. The summed E-state index contributed by atoms with van der Waals surface area (Å²) in [4.78, 5) is 7.61. The highest BCUT2D eigenvalue weighted by molar-refractivity contribution is 5.94. The average Bonchev–Trinajstić information content (AvgIpc) is 3.13. The Labute approximate surface area is 136 Å². The van der Waals surface area contributed by atoms with E-state index in [1.165, 1.54) is 6.42 Å². The molecule has 3 aromatic heterocycles. The van der Waals surface area contributed by atoms with Gasteiger partial charge in [0.15, 0.2) is 0 Å². The van der Waals surface area contributed by atoms with Crippen LogP contribution in [-0.2, 0) is 7.05 Å². The molecule has 23 heavy (non-hydrogen) atoms. The normalized spacial score (nSPS) is 11.4. The molecule has 0 fully saturated rings. The fraction of sp³-hybridized carbons (Fsp3) is 0.333. The topological polar surface area (TPSA) is 66.7 Å². The molecule has 0 unspecified atom stereocenters. The summed E-state index contributed by atoms with van der Waals surface area (Å²) in [6, 6.07) is 2.09. The van der Waals surface area contributed by atoms with E-state index < -0.39 is 0 Å². The summed E-state index contributed by atoms with van der Waals surface area (Å²) >= 11 is 0. The lowest BCUT2D eigenvalue weighted by Crippen LogP contribution is -1.86. The number of pyridine rings is 1. The minimum absolute atomic E-state index is 0.0342. The minimum Gasteiger partial charge on any atom is -0.392 e. The largest absolute Gasteiger partial charge is 0.392 e. The Morgan fingerprint density at radius 1 is 1.35 bits per heavy atom. The van der Waals surface area contributed by atoms with Gasteiger partial charge in [0, 0.05) is 42.2 Å². The fourth-order valence-electron chi connectivity index (χ4n) is 2.27. The molecule has 3 heterocycles. The van der Waals surface area contributed by atoms with Crippen LogP contribution in [0.25, 0.3) is 27.7 Å². The third-order valence-corrected chi connectivity index (χ3v) is 3.40. The molecule has 0 aliphatic carbocycles. The molecule has 0 atom stereocenters. The Kier molecular flexibility index (Phi) is 5.71. The molecule has 122 valence electrons. The second kappa shape index (κ2) is 7.74. The Balaban J connectivity index is 0.000000595. The number of aliphatic hydroxyl groups is 1. The van der Waals surface area contributed by atoms with Crippen LogP contribution in [0.4, 0.5) is 0 Å². The number of aromatic nitrogens is 4. The number of rotatable bonds is 3. The molecule has 0 bridgehead atoms. The van der Waals surface area contributed by atoms with Crippen molar-refractivity contribution in [2.75, 3.05) is 6.61 Å². The highest BCUT2D eigenvalue weighted by Gasteiger charge is 2.10. The van der Waals surface area contributed by atoms with E-state index in [1.54, 1.807) is 10.8 Å². The van der Waals surface area contributed by atoms with Crippen LogP contribution in [0, 0.1) is 0 Å². The molecule has 5 heteroatoms. The summed E-state index contributed by atoms with van der Waals surface area (Å²) in [5.74, 6) is 0. The number of fused-ring (bicyclic) bond motifs is 1. The summed E-state index contributed by atoms with van der Waals surface area (Å²) in [6.45, 7) is 6.25. The molecule has 2 N–H and O–H groups in total. The van der Waals surface area contributed by atoms with Gasteiger partial charge in [-0.05, 0) is 24.1 Å². The van der Waals surface area contributed by atoms with Crippen LogP contribution in [0.2, 0.25) is 0 Å². The zero-order valence-corrected chi connectivity index (χ0v) is 14.2. The van der Waals surface area contributed by atoms with Crippen molar-refractivity contribution in [1.82, 2.24) is 19.7 Å². The lowest BCUT2D eigenvalue weighted by Gasteiger charge is -2.02. The molecule has 0 aromatic carbocycles. The molecule has 3 rings (SSSR count). The molecule has 3 aromatic rings. The molecule has 0 spiro atoms. The van der Waals surface area contributed by atoms with Crippen LogP contribution < -0.4 is 0 Å². The first-order valence-electron chi connectivity index (χ1n) is 7.84. The molecule has 0 amide bonds. The van der Waals surface area contributed by atoms with E-state index in [9.17, 15) is 0 Å². The van der Waals surface area contributed by atoms with Gasteiger partial charge >= 0.3 is 0 Å². The first-order chi connectivity index (χ1) is 11.1. The molecule has 0 aliphatic heterocycles. The maximum Gasteiger partial charge on any atom is 0.137 e. The van der Waals surface area contributed by atoms with Crippen molar-refractivity contribution in [3.8, 4) is 11.1 Å². The van der Waals surface area contributed by atoms with Gasteiger partial charge in [-0.15, -0.1) is 0 Å². The third-order valence-electron chi connectivity index (χ3n) is 3.40. The molecule has 5 nitrogen and oxygen atoms in total. The van der Waals surface area contributed by atoms with E-state index in [0.29, 0.717) is 0 Å². The zero-order valence-electron chi connectivity index (χ0n) is 14.2. The van der Waals surface area contributed by atoms with Gasteiger partial charge in [-0.25, -0.2) is 4.98 Å². The van der Waals surface area contributed by atoms with Crippen molar-refractivity contribution in [2.24, 2.45) is 7.05 Å². The SMILES string of the molecule is C/C(=C\CO)c1cnc2[nH]cc(-c3cnn(C)c3)c2c1.CCC. The number of hydrogen-bond donors (Lipinski definition) is 2. The van der Waals surface area contributed by atoms with E-state index in [-0.39, 0.29) is 6.61 Å². The standard InChI is InChI=1S/C15H16N4O.C3H8/c1-10(3-4-20)11-5-13-14(8-17-15(13)16-6-11)12-7-18-19(2)9-12;1-3-2/h3,5-9,20H,4H2,1-2H3,(H,16,17);3H2,1-2H3/b10-3+;. The summed E-state index contributed by atoms with van der Waals surface area (Å²) in [5.41, 5.74) is 5.02. The van der Waals surface area contributed by atoms with Crippen molar-refractivity contribution < 1.29 is 5.11 Å². The van der Waals surface area contributed by atoms with Gasteiger partial charge in [0.25, 0.3) is 0 Å².